The van der Waals surface area contributed by atoms with Crippen molar-refractivity contribution < 1.29 is 14.6 Å². The Balaban J connectivity index is 1.80. The van der Waals surface area contributed by atoms with Crippen LogP contribution in [0, 0.1) is 0 Å². The van der Waals surface area contributed by atoms with Crippen LogP contribution in [0.1, 0.15) is 11.1 Å². The number of phenols is 1. The number of phenolic OH excluding ortho intramolecular Hbond substituents is 1. The van der Waals surface area contributed by atoms with Crippen LogP contribution in [-0.4, -0.2) is 30.1 Å². The summed E-state index contributed by atoms with van der Waals surface area (Å²) in [6, 6.07) is 13.0. The van der Waals surface area contributed by atoms with Gasteiger partial charge in [0.2, 0.25) is 5.91 Å². The third kappa shape index (κ3) is 5.28. The number of methoxy groups -OCH3 is 1. The summed E-state index contributed by atoms with van der Waals surface area (Å²) in [7, 11) is 1.47. The van der Waals surface area contributed by atoms with Crippen LogP contribution < -0.4 is 10.2 Å². The largest absolute Gasteiger partial charge is 0.504 e. The molecule has 0 aromatic heterocycles. The minimum atomic E-state index is -0.203. The molecule has 0 aliphatic carbocycles. The molecule has 2 N–H and O–H groups in total. The molecule has 24 heavy (non-hydrogen) atoms. The van der Waals surface area contributed by atoms with Crippen molar-refractivity contribution in [1.82, 2.24) is 5.43 Å². The minimum Gasteiger partial charge on any atom is -0.504 e. The molecule has 126 valence electrons. The van der Waals surface area contributed by atoms with E-state index in [9.17, 15) is 9.90 Å². The number of para-hydroxylation sites is 1. The van der Waals surface area contributed by atoms with Crippen LogP contribution in [0.5, 0.6) is 11.5 Å². The molecule has 0 spiro atoms. The van der Waals surface area contributed by atoms with Crippen molar-refractivity contribution in [3.8, 4) is 11.5 Å². The molecule has 2 aromatic carbocycles. The molecule has 1 amide bonds. The predicted molar refractivity (Wildman–Crippen MR) is 101 cm³/mol. The fraction of sp³-hybridized carbons (Fsp3) is 0.176. The average molecular weight is 409 g/mol. The quantitative estimate of drug-likeness (QED) is 0.542. The summed E-state index contributed by atoms with van der Waals surface area (Å²) in [5, 5.41) is 13.8. The zero-order chi connectivity index (χ0) is 17.4. The van der Waals surface area contributed by atoms with Crippen molar-refractivity contribution in [2.45, 2.75) is 5.75 Å². The van der Waals surface area contributed by atoms with Gasteiger partial charge in [-0.2, -0.15) is 5.10 Å². The third-order valence-corrected chi connectivity index (χ3v) is 4.85. The number of halogens is 1. The number of benzene rings is 2. The van der Waals surface area contributed by atoms with Gasteiger partial charge in [-0.05, 0) is 23.8 Å². The molecule has 0 saturated heterocycles. The summed E-state index contributed by atoms with van der Waals surface area (Å²) in [6.45, 7) is 0. The number of rotatable bonds is 7. The zero-order valence-corrected chi connectivity index (χ0v) is 15.4. The smallest absolute Gasteiger partial charge is 0.250 e. The number of aromatic hydroxyl groups is 1. The molecule has 0 bridgehead atoms. The molecule has 0 radical (unpaired) electrons. The second kappa shape index (κ2) is 9.34. The van der Waals surface area contributed by atoms with Crippen LogP contribution in [0.15, 0.2) is 52.0 Å². The number of hydrazone groups is 1. The molecular weight excluding hydrogens is 392 g/mol. The van der Waals surface area contributed by atoms with Gasteiger partial charge >= 0.3 is 0 Å². The fourth-order valence-electron chi connectivity index (χ4n) is 1.88. The summed E-state index contributed by atoms with van der Waals surface area (Å²) in [4.78, 5) is 11.8. The molecule has 0 saturated carbocycles. The van der Waals surface area contributed by atoms with Crippen LogP contribution in [-0.2, 0) is 10.5 Å². The normalized spacial score (nSPS) is 10.8. The lowest BCUT2D eigenvalue weighted by Crippen LogP contribution is -2.19. The lowest BCUT2D eigenvalue weighted by atomic mass is 10.2. The Kier molecular flexibility index (Phi) is 7.14. The highest BCUT2D eigenvalue weighted by Gasteiger charge is 2.06. The topological polar surface area (TPSA) is 70.9 Å². The van der Waals surface area contributed by atoms with E-state index in [0.29, 0.717) is 17.1 Å². The fourth-order valence-corrected chi connectivity index (χ4v) is 3.32. The zero-order valence-electron chi connectivity index (χ0n) is 13.0. The number of ether oxygens (including phenoxy) is 1. The lowest BCUT2D eigenvalue weighted by molar-refractivity contribution is -0.118. The van der Waals surface area contributed by atoms with Gasteiger partial charge in [0.25, 0.3) is 0 Å². The van der Waals surface area contributed by atoms with E-state index in [0.717, 1.165) is 15.8 Å². The number of hydrogen-bond acceptors (Lipinski definition) is 5. The number of nitrogens with one attached hydrogen (secondary N) is 1. The molecule has 0 fully saturated rings. The molecule has 2 aromatic rings. The summed E-state index contributed by atoms with van der Waals surface area (Å²) in [5.74, 6) is 1.17. The van der Waals surface area contributed by atoms with Crippen molar-refractivity contribution in [2.75, 3.05) is 12.9 Å². The number of carbonyl (C=O) groups is 1. The van der Waals surface area contributed by atoms with E-state index >= 15 is 0 Å². The molecule has 0 unspecified atom stereocenters. The van der Waals surface area contributed by atoms with Crippen LogP contribution >= 0.6 is 27.7 Å². The SMILES string of the molecule is COc1cccc(/C=N\NC(=O)CSCc2ccccc2Br)c1O. The van der Waals surface area contributed by atoms with E-state index in [2.05, 4.69) is 26.5 Å². The summed E-state index contributed by atoms with van der Waals surface area (Å²) >= 11 is 4.98. The highest BCUT2D eigenvalue weighted by Crippen LogP contribution is 2.27. The molecule has 5 nitrogen and oxygen atoms in total. The molecule has 0 aliphatic rings. The number of thioether (sulfide) groups is 1. The highest BCUT2D eigenvalue weighted by atomic mass is 79.9. The number of nitrogens with zero attached hydrogens (tertiary/aromatic N) is 1. The molecule has 0 heterocycles. The maximum absolute atomic E-state index is 11.8. The van der Waals surface area contributed by atoms with Crippen LogP contribution in [0.3, 0.4) is 0 Å². The Morgan fingerprint density at radius 2 is 2.12 bits per heavy atom. The number of amides is 1. The van der Waals surface area contributed by atoms with E-state index in [4.69, 9.17) is 4.74 Å². The Morgan fingerprint density at radius 3 is 2.88 bits per heavy atom. The van der Waals surface area contributed by atoms with Crippen LogP contribution in [0.25, 0.3) is 0 Å². The Hall–Kier alpha value is -1.99. The van der Waals surface area contributed by atoms with Gasteiger partial charge in [0.05, 0.1) is 19.1 Å². The van der Waals surface area contributed by atoms with E-state index in [-0.39, 0.29) is 11.7 Å². The van der Waals surface area contributed by atoms with Gasteiger partial charge in [0, 0.05) is 15.8 Å². The highest BCUT2D eigenvalue weighted by molar-refractivity contribution is 9.10. The van der Waals surface area contributed by atoms with Gasteiger partial charge in [0.15, 0.2) is 11.5 Å². The van der Waals surface area contributed by atoms with Crippen molar-refractivity contribution >= 4 is 39.8 Å². The first-order valence-corrected chi connectivity index (χ1v) is 9.05. The van der Waals surface area contributed by atoms with E-state index in [1.54, 1.807) is 18.2 Å². The summed E-state index contributed by atoms with van der Waals surface area (Å²) < 4.78 is 6.04. The van der Waals surface area contributed by atoms with Crippen molar-refractivity contribution in [3.63, 3.8) is 0 Å². The average Bonchev–Trinajstić information content (AvgIpc) is 2.58. The number of carbonyl (C=O) groups excluding carboxylic acids is 1. The number of hydrogen-bond donors (Lipinski definition) is 2. The maximum Gasteiger partial charge on any atom is 0.250 e. The van der Waals surface area contributed by atoms with E-state index < -0.39 is 0 Å². The second-order valence-electron chi connectivity index (χ2n) is 4.78. The first-order valence-electron chi connectivity index (χ1n) is 7.11. The molecule has 2 rings (SSSR count). The van der Waals surface area contributed by atoms with Gasteiger partial charge in [0.1, 0.15) is 0 Å². The first-order chi connectivity index (χ1) is 11.6. The van der Waals surface area contributed by atoms with Crippen molar-refractivity contribution in [2.24, 2.45) is 5.10 Å². The van der Waals surface area contributed by atoms with Crippen LogP contribution in [0.4, 0.5) is 0 Å². The lowest BCUT2D eigenvalue weighted by Gasteiger charge is -2.05. The minimum absolute atomic E-state index is 0.0127. The van der Waals surface area contributed by atoms with Crippen LogP contribution in [0.2, 0.25) is 0 Å². The third-order valence-electron chi connectivity index (χ3n) is 3.09. The van der Waals surface area contributed by atoms with Gasteiger partial charge in [-0.15, -0.1) is 11.8 Å². The maximum atomic E-state index is 11.8. The molecule has 7 heteroatoms. The summed E-state index contributed by atoms with van der Waals surface area (Å²) in [6.07, 6.45) is 1.38. The predicted octanol–water partition coefficient (Wildman–Crippen LogP) is 3.55. The van der Waals surface area contributed by atoms with Gasteiger partial charge in [-0.1, -0.05) is 40.2 Å². The molecule has 0 aliphatic heterocycles. The van der Waals surface area contributed by atoms with Crippen molar-refractivity contribution in [3.05, 3.63) is 58.1 Å². The van der Waals surface area contributed by atoms with E-state index in [1.165, 1.54) is 25.1 Å². The van der Waals surface area contributed by atoms with Gasteiger partial charge in [-0.25, -0.2) is 5.43 Å². The van der Waals surface area contributed by atoms with Gasteiger partial charge in [-0.3, -0.25) is 4.79 Å². The Labute approximate surface area is 153 Å². The molecule has 0 atom stereocenters. The van der Waals surface area contributed by atoms with Crippen molar-refractivity contribution in [1.29, 1.82) is 0 Å². The van der Waals surface area contributed by atoms with Gasteiger partial charge < -0.3 is 9.84 Å². The Bertz CT molecular complexity index is 738. The second-order valence-corrected chi connectivity index (χ2v) is 6.62. The summed E-state index contributed by atoms with van der Waals surface area (Å²) in [5.41, 5.74) is 4.05. The Morgan fingerprint density at radius 1 is 1.33 bits per heavy atom. The monoisotopic (exact) mass is 408 g/mol. The molecular formula is C17H17BrN2O3S. The van der Waals surface area contributed by atoms with E-state index in [1.807, 2.05) is 24.3 Å². The standard InChI is InChI=1S/C17H17BrN2O3S/c1-23-15-8-4-6-12(17(15)22)9-19-20-16(21)11-24-10-13-5-2-3-7-14(13)18/h2-9,22H,10-11H2,1H3,(H,20,21)/b19-9-. The first kappa shape index (κ1) is 18.4.